The minimum atomic E-state index is -1.38. The van der Waals surface area contributed by atoms with Crippen LogP contribution in [0.25, 0.3) is 5.57 Å². The summed E-state index contributed by atoms with van der Waals surface area (Å²) in [4.78, 5) is 27.0. The molecular weight excluding hydrogens is 392 g/mol. The largest absolute Gasteiger partial charge is 0.548 e. The third kappa shape index (κ3) is 2.40. The maximum absolute atomic E-state index is 12.1. The van der Waals surface area contributed by atoms with E-state index in [-0.39, 0.29) is 20.3 Å². The number of aliphatic carboxylic acids is 1. The Morgan fingerprint density at radius 3 is 2.91 bits per heavy atom. The zero-order valence-corrected chi connectivity index (χ0v) is 13.9. The number of carbonyl (C=O) groups is 2. The molecule has 22 heavy (non-hydrogen) atoms. The molecule has 6 nitrogen and oxygen atoms in total. The third-order valence-corrected chi connectivity index (χ3v) is 5.00. The van der Waals surface area contributed by atoms with Gasteiger partial charge < -0.3 is 15.0 Å². The lowest BCUT2D eigenvalue weighted by Gasteiger charge is -2.05. The third-order valence-electron chi connectivity index (χ3n) is 3.05. The molecule has 2 heterocycles. The standard InChI is InChI=1S/C13H7BrN2O4S2/c14-5-1-2-7-6(3-5)9(11(19)15-7)10-12(20)16(4-8(17)18)13(21)22-10/h1-3,20H,4H2,(H,17,18)/p-1. The maximum atomic E-state index is 12.1. The first-order valence-corrected chi connectivity index (χ1v) is 7.96. The van der Waals surface area contributed by atoms with Crippen LogP contribution in [0, 0.1) is 3.95 Å². The maximum Gasteiger partial charge on any atom is 0.279 e. The fraction of sp³-hybridized carbons (Fsp3) is 0.0769. The SMILES string of the molecule is O=C([O-])Cn1c(O)c(C2=c3cc(Br)ccc3=NC2=O)sc1=S. The van der Waals surface area contributed by atoms with Crippen LogP contribution in [-0.2, 0) is 16.1 Å². The van der Waals surface area contributed by atoms with Gasteiger partial charge in [0.05, 0.1) is 23.4 Å². The van der Waals surface area contributed by atoms with Crippen LogP contribution in [0.15, 0.2) is 27.7 Å². The van der Waals surface area contributed by atoms with Gasteiger partial charge in [-0.3, -0.25) is 9.36 Å². The molecule has 1 N–H and O–H groups in total. The van der Waals surface area contributed by atoms with E-state index in [0.29, 0.717) is 10.6 Å². The predicted molar refractivity (Wildman–Crippen MR) is 82.3 cm³/mol. The zero-order chi connectivity index (χ0) is 16.0. The summed E-state index contributed by atoms with van der Waals surface area (Å²) in [5.74, 6) is -2.25. The summed E-state index contributed by atoms with van der Waals surface area (Å²) < 4.78 is 1.91. The second-order valence-corrected chi connectivity index (χ2v) is 6.99. The number of amides is 1. The van der Waals surface area contributed by atoms with Gasteiger partial charge in [-0.15, -0.1) is 11.3 Å². The van der Waals surface area contributed by atoms with Crippen molar-refractivity contribution in [2.75, 3.05) is 0 Å². The first kappa shape index (κ1) is 15.1. The van der Waals surface area contributed by atoms with Gasteiger partial charge in [-0.05, 0) is 30.4 Å². The number of thiazole rings is 1. The molecule has 1 aromatic heterocycles. The molecule has 0 saturated heterocycles. The van der Waals surface area contributed by atoms with Crippen LogP contribution in [0.1, 0.15) is 4.88 Å². The summed E-state index contributed by atoms with van der Waals surface area (Å²) >= 11 is 9.32. The van der Waals surface area contributed by atoms with Gasteiger partial charge in [-0.1, -0.05) is 15.9 Å². The normalized spacial score (nSPS) is 13.1. The highest BCUT2D eigenvalue weighted by Gasteiger charge is 2.25. The number of carboxylic acid groups (broad SMARTS) is 1. The van der Waals surface area contributed by atoms with Gasteiger partial charge in [0.15, 0.2) is 3.95 Å². The van der Waals surface area contributed by atoms with E-state index < -0.39 is 18.4 Å². The number of halogens is 1. The summed E-state index contributed by atoms with van der Waals surface area (Å²) in [6.45, 7) is -0.578. The molecule has 1 aliphatic rings. The molecule has 0 bridgehead atoms. The number of rotatable bonds is 3. The van der Waals surface area contributed by atoms with Crippen LogP contribution in [0.3, 0.4) is 0 Å². The van der Waals surface area contributed by atoms with E-state index in [9.17, 15) is 19.8 Å². The lowest BCUT2D eigenvalue weighted by Crippen LogP contribution is -2.27. The summed E-state index contributed by atoms with van der Waals surface area (Å²) in [6, 6.07) is 5.14. The molecule has 0 aliphatic carbocycles. The summed E-state index contributed by atoms with van der Waals surface area (Å²) in [7, 11) is 0. The average Bonchev–Trinajstić information content (AvgIpc) is 2.88. The number of fused-ring (bicyclic) bond motifs is 1. The van der Waals surface area contributed by atoms with Crippen LogP contribution in [0.5, 0.6) is 5.88 Å². The number of carbonyl (C=O) groups excluding carboxylic acids is 2. The molecule has 9 heteroatoms. The number of nitrogens with zero attached hydrogens (tertiary/aromatic N) is 2. The smallest absolute Gasteiger partial charge is 0.279 e. The van der Waals surface area contributed by atoms with Crippen molar-refractivity contribution in [3.05, 3.63) is 42.1 Å². The molecule has 0 fully saturated rings. The van der Waals surface area contributed by atoms with E-state index in [1.165, 1.54) is 0 Å². The van der Waals surface area contributed by atoms with E-state index in [2.05, 4.69) is 20.9 Å². The van der Waals surface area contributed by atoms with Crippen molar-refractivity contribution in [1.29, 1.82) is 0 Å². The van der Waals surface area contributed by atoms with E-state index in [4.69, 9.17) is 12.2 Å². The highest BCUT2D eigenvalue weighted by atomic mass is 79.9. The molecule has 1 aliphatic heterocycles. The van der Waals surface area contributed by atoms with Crippen LogP contribution < -0.4 is 15.7 Å². The van der Waals surface area contributed by atoms with Gasteiger partial charge >= 0.3 is 0 Å². The number of hydrogen-bond donors (Lipinski definition) is 1. The highest BCUT2D eigenvalue weighted by molar-refractivity contribution is 9.10. The Labute approximate surface area is 140 Å². The Bertz CT molecular complexity index is 1010. The van der Waals surface area contributed by atoms with E-state index in [1.807, 2.05) is 0 Å². The Balaban J connectivity index is 2.31. The van der Waals surface area contributed by atoms with Crippen molar-refractivity contribution in [2.24, 2.45) is 4.99 Å². The quantitative estimate of drug-likeness (QED) is 0.727. The molecule has 1 aromatic carbocycles. The Morgan fingerprint density at radius 1 is 1.50 bits per heavy atom. The Kier molecular flexibility index (Phi) is 3.71. The van der Waals surface area contributed by atoms with Crippen LogP contribution in [0.4, 0.5) is 0 Å². The fourth-order valence-corrected chi connectivity index (χ4v) is 3.83. The van der Waals surface area contributed by atoms with Gasteiger partial charge in [0.1, 0.15) is 4.88 Å². The molecular formula is C13H6BrN2O4S2-. The van der Waals surface area contributed by atoms with Crippen molar-refractivity contribution in [2.45, 2.75) is 6.54 Å². The molecule has 3 rings (SSSR count). The first-order valence-electron chi connectivity index (χ1n) is 5.94. The van der Waals surface area contributed by atoms with E-state index in [0.717, 1.165) is 20.4 Å². The number of aromatic nitrogens is 1. The van der Waals surface area contributed by atoms with Gasteiger partial charge in [0, 0.05) is 9.69 Å². The molecule has 0 saturated carbocycles. The molecule has 2 aromatic rings. The second kappa shape index (κ2) is 5.41. The monoisotopic (exact) mass is 397 g/mol. The van der Waals surface area contributed by atoms with E-state index >= 15 is 0 Å². The van der Waals surface area contributed by atoms with Gasteiger partial charge in [-0.2, -0.15) is 0 Å². The van der Waals surface area contributed by atoms with Crippen molar-refractivity contribution >= 4 is 56.9 Å². The van der Waals surface area contributed by atoms with Crippen molar-refractivity contribution in [3.63, 3.8) is 0 Å². The summed E-state index contributed by atoms with van der Waals surface area (Å²) in [5.41, 5.74) is 0.210. The Hall–Kier alpha value is -1.84. The van der Waals surface area contributed by atoms with Crippen molar-refractivity contribution < 1.29 is 19.8 Å². The first-order chi connectivity index (χ1) is 10.4. The summed E-state index contributed by atoms with van der Waals surface area (Å²) in [5, 5.41) is 22.0. The Morgan fingerprint density at radius 2 is 2.23 bits per heavy atom. The van der Waals surface area contributed by atoms with Gasteiger partial charge in [0.2, 0.25) is 5.88 Å². The summed E-state index contributed by atoms with van der Waals surface area (Å²) in [6.07, 6.45) is 0. The van der Waals surface area contributed by atoms with Crippen LogP contribution >= 0.6 is 39.5 Å². The molecule has 0 spiro atoms. The predicted octanol–water partition coefficient (Wildman–Crippen LogP) is -0.144. The minimum absolute atomic E-state index is 0.139. The van der Waals surface area contributed by atoms with Gasteiger partial charge in [0.25, 0.3) is 5.91 Å². The molecule has 0 unspecified atom stereocenters. The number of carboxylic acids is 1. The topological polar surface area (TPSA) is 94.7 Å². The van der Waals surface area contributed by atoms with Gasteiger partial charge in [-0.25, -0.2) is 4.99 Å². The zero-order valence-electron chi connectivity index (χ0n) is 10.7. The van der Waals surface area contributed by atoms with Crippen molar-refractivity contribution in [1.82, 2.24) is 4.57 Å². The van der Waals surface area contributed by atoms with Crippen LogP contribution in [0.2, 0.25) is 0 Å². The second-order valence-electron chi connectivity index (χ2n) is 4.43. The van der Waals surface area contributed by atoms with Crippen LogP contribution in [-0.4, -0.2) is 21.6 Å². The average molecular weight is 398 g/mol. The molecule has 1 amide bonds. The fourth-order valence-electron chi connectivity index (χ4n) is 2.13. The molecule has 0 radical (unpaired) electrons. The lowest BCUT2D eigenvalue weighted by molar-refractivity contribution is -0.306. The molecule has 112 valence electrons. The number of hydrogen-bond acceptors (Lipinski definition) is 6. The molecule has 0 atom stereocenters. The lowest BCUT2D eigenvalue weighted by atomic mass is 10.1. The number of aromatic hydroxyl groups is 1. The number of benzene rings is 1. The minimum Gasteiger partial charge on any atom is -0.548 e. The van der Waals surface area contributed by atoms with E-state index in [1.54, 1.807) is 18.2 Å². The highest BCUT2D eigenvalue weighted by Crippen LogP contribution is 2.32. The van der Waals surface area contributed by atoms with Crippen molar-refractivity contribution in [3.8, 4) is 5.88 Å².